The van der Waals surface area contributed by atoms with Crippen molar-refractivity contribution in [2.45, 2.75) is 6.36 Å². The Morgan fingerprint density at radius 1 is 1.10 bits per heavy atom. The topological polar surface area (TPSA) is 94.5 Å². The van der Waals surface area contributed by atoms with Gasteiger partial charge in [0, 0.05) is 29.2 Å². The molecule has 0 bridgehead atoms. The van der Waals surface area contributed by atoms with Gasteiger partial charge in [-0.25, -0.2) is 9.97 Å². The van der Waals surface area contributed by atoms with E-state index in [1.807, 2.05) is 0 Å². The number of rotatable bonds is 5. The summed E-state index contributed by atoms with van der Waals surface area (Å²) in [5.74, 6) is -0.424. The van der Waals surface area contributed by atoms with Crippen LogP contribution in [0.25, 0.3) is 16.9 Å². The molecule has 7 nitrogen and oxygen atoms in total. The Hall–Kier alpha value is -4.08. The summed E-state index contributed by atoms with van der Waals surface area (Å²) in [4.78, 5) is 19.8. The third-order valence-corrected chi connectivity index (χ3v) is 4.22. The number of imidazole rings is 1. The zero-order chi connectivity index (χ0) is 21.3. The molecule has 0 aliphatic carbocycles. The second kappa shape index (κ2) is 7.39. The largest absolute Gasteiger partial charge is 0.573 e. The first-order valence-electron chi connectivity index (χ1n) is 8.65. The van der Waals surface area contributed by atoms with Gasteiger partial charge in [0.15, 0.2) is 11.5 Å². The third kappa shape index (κ3) is 4.02. The van der Waals surface area contributed by atoms with Crippen molar-refractivity contribution < 1.29 is 22.7 Å². The molecule has 2 aromatic heterocycles. The normalized spacial score (nSPS) is 11.4. The maximum atomic E-state index is 12.5. The van der Waals surface area contributed by atoms with E-state index in [-0.39, 0.29) is 5.75 Å². The summed E-state index contributed by atoms with van der Waals surface area (Å²) in [7, 11) is 0. The van der Waals surface area contributed by atoms with Crippen molar-refractivity contribution >= 4 is 23.1 Å². The van der Waals surface area contributed by atoms with E-state index >= 15 is 0 Å². The minimum absolute atomic E-state index is 0.322. The summed E-state index contributed by atoms with van der Waals surface area (Å²) in [6, 6.07) is 12.1. The van der Waals surface area contributed by atoms with Crippen LogP contribution >= 0.6 is 0 Å². The molecule has 0 atom stereocenters. The Bertz CT molecular complexity index is 1220. The number of benzene rings is 2. The van der Waals surface area contributed by atoms with Crippen LogP contribution in [0, 0.1) is 0 Å². The molecular weight excluding hydrogens is 399 g/mol. The molecule has 0 fully saturated rings. The van der Waals surface area contributed by atoms with Crippen molar-refractivity contribution in [2.75, 3.05) is 5.32 Å². The average molecular weight is 413 g/mol. The highest BCUT2D eigenvalue weighted by Gasteiger charge is 2.31. The molecular formula is C20H14F3N5O2. The number of aromatic nitrogens is 3. The van der Waals surface area contributed by atoms with Gasteiger partial charge in [0.05, 0.1) is 11.9 Å². The molecule has 3 N–H and O–H groups in total. The van der Waals surface area contributed by atoms with Crippen LogP contribution in [0.15, 0.2) is 67.1 Å². The summed E-state index contributed by atoms with van der Waals surface area (Å²) >= 11 is 0. The Balaban J connectivity index is 1.67. The highest BCUT2D eigenvalue weighted by atomic mass is 19.4. The Morgan fingerprint density at radius 3 is 2.57 bits per heavy atom. The number of primary amides is 1. The molecule has 4 rings (SSSR count). The zero-order valence-corrected chi connectivity index (χ0v) is 15.2. The molecule has 0 unspecified atom stereocenters. The fourth-order valence-corrected chi connectivity index (χ4v) is 2.93. The van der Waals surface area contributed by atoms with Crippen molar-refractivity contribution in [3.8, 4) is 17.0 Å². The monoisotopic (exact) mass is 413 g/mol. The van der Waals surface area contributed by atoms with E-state index in [1.54, 1.807) is 40.9 Å². The van der Waals surface area contributed by atoms with Gasteiger partial charge < -0.3 is 15.8 Å². The maximum Gasteiger partial charge on any atom is 0.573 e. The molecule has 0 aliphatic heterocycles. The molecule has 10 heteroatoms. The molecule has 2 heterocycles. The van der Waals surface area contributed by atoms with Crippen molar-refractivity contribution in [1.29, 1.82) is 0 Å². The smallest absolute Gasteiger partial charge is 0.406 e. The minimum atomic E-state index is -4.77. The second-order valence-electron chi connectivity index (χ2n) is 6.26. The van der Waals surface area contributed by atoms with E-state index < -0.39 is 12.3 Å². The van der Waals surface area contributed by atoms with Gasteiger partial charge in [-0.1, -0.05) is 12.1 Å². The number of amides is 1. The van der Waals surface area contributed by atoms with Gasteiger partial charge in [-0.3, -0.25) is 9.20 Å². The number of alkyl halides is 3. The molecule has 30 heavy (non-hydrogen) atoms. The Morgan fingerprint density at radius 2 is 1.87 bits per heavy atom. The number of nitrogens with two attached hydrogens (primary N) is 1. The van der Waals surface area contributed by atoms with Crippen molar-refractivity contribution in [3.63, 3.8) is 0 Å². The summed E-state index contributed by atoms with van der Waals surface area (Å²) in [5, 5.41) is 3.10. The first-order valence-corrected chi connectivity index (χ1v) is 8.65. The lowest BCUT2D eigenvalue weighted by molar-refractivity contribution is -0.274. The Kier molecular flexibility index (Phi) is 4.74. The van der Waals surface area contributed by atoms with E-state index in [0.29, 0.717) is 34.0 Å². The first-order chi connectivity index (χ1) is 14.3. The van der Waals surface area contributed by atoms with Gasteiger partial charge in [0.2, 0.25) is 5.91 Å². The first kappa shape index (κ1) is 19.2. The van der Waals surface area contributed by atoms with Crippen LogP contribution in [0.4, 0.5) is 24.7 Å². The van der Waals surface area contributed by atoms with E-state index in [2.05, 4.69) is 20.0 Å². The molecule has 0 aliphatic rings. The van der Waals surface area contributed by atoms with Crippen molar-refractivity contribution in [1.82, 2.24) is 14.4 Å². The number of fused-ring (bicyclic) bond motifs is 1. The van der Waals surface area contributed by atoms with Gasteiger partial charge in [-0.2, -0.15) is 0 Å². The summed E-state index contributed by atoms with van der Waals surface area (Å²) in [5.41, 5.74) is 7.79. The van der Waals surface area contributed by atoms with Gasteiger partial charge in [0.1, 0.15) is 5.75 Å². The SMILES string of the molecule is NC(=O)c1ccc(Nc2nccn3c(-c4cccc(OC(F)(F)F)c4)cnc23)cc1. The van der Waals surface area contributed by atoms with Crippen molar-refractivity contribution in [3.05, 3.63) is 72.7 Å². The number of carbonyl (C=O) groups excluding carboxylic acids is 1. The molecule has 4 aromatic rings. The lowest BCUT2D eigenvalue weighted by atomic mass is 10.1. The lowest BCUT2D eigenvalue weighted by Crippen LogP contribution is -2.17. The number of hydrogen-bond donors (Lipinski definition) is 2. The van der Waals surface area contributed by atoms with Gasteiger partial charge >= 0.3 is 6.36 Å². The van der Waals surface area contributed by atoms with Gasteiger partial charge in [-0.05, 0) is 36.4 Å². The van der Waals surface area contributed by atoms with Gasteiger partial charge in [0.25, 0.3) is 0 Å². The summed E-state index contributed by atoms with van der Waals surface area (Å²) in [6.45, 7) is 0. The van der Waals surface area contributed by atoms with E-state index in [9.17, 15) is 18.0 Å². The number of hydrogen-bond acceptors (Lipinski definition) is 5. The number of ether oxygens (including phenoxy) is 1. The number of anilines is 2. The van der Waals surface area contributed by atoms with Crippen LogP contribution in [-0.2, 0) is 0 Å². The van der Waals surface area contributed by atoms with Crippen LogP contribution in [0.2, 0.25) is 0 Å². The second-order valence-corrected chi connectivity index (χ2v) is 6.26. The molecule has 2 aromatic carbocycles. The maximum absolute atomic E-state index is 12.5. The van der Waals surface area contributed by atoms with Gasteiger partial charge in [-0.15, -0.1) is 13.2 Å². The van der Waals surface area contributed by atoms with E-state index in [1.165, 1.54) is 30.6 Å². The Labute approximate surface area is 167 Å². The predicted octanol–water partition coefficient (Wildman–Crippen LogP) is 4.14. The number of nitrogens with zero attached hydrogens (tertiary/aromatic N) is 3. The van der Waals surface area contributed by atoms with E-state index in [4.69, 9.17) is 5.73 Å². The number of carbonyl (C=O) groups is 1. The van der Waals surface area contributed by atoms with Crippen LogP contribution in [-0.4, -0.2) is 26.6 Å². The number of halogens is 3. The fourth-order valence-electron chi connectivity index (χ4n) is 2.93. The van der Waals surface area contributed by atoms with Crippen molar-refractivity contribution in [2.24, 2.45) is 5.73 Å². The van der Waals surface area contributed by atoms with Crippen LogP contribution in [0.1, 0.15) is 10.4 Å². The van der Waals surface area contributed by atoms with E-state index in [0.717, 1.165) is 0 Å². The van der Waals surface area contributed by atoms with Crippen LogP contribution < -0.4 is 15.8 Å². The minimum Gasteiger partial charge on any atom is -0.406 e. The summed E-state index contributed by atoms with van der Waals surface area (Å²) < 4.78 is 43.2. The fraction of sp³-hybridized carbons (Fsp3) is 0.0500. The van der Waals surface area contributed by atoms with Crippen LogP contribution in [0.5, 0.6) is 5.75 Å². The standard InChI is InChI=1S/C20H14F3N5O2/c21-20(22,23)30-15-3-1-2-13(10-15)16-11-26-19-18(25-8-9-28(16)19)27-14-6-4-12(5-7-14)17(24)29/h1-11H,(H2,24,29)(H,25,27). The molecule has 152 valence electrons. The highest BCUT2D eigenvalue weighted by molar-refractivity contribution is 5.93. The predicted molar refractivity (Wildman–Crippen MR) is 103 cm³/mol. The summed E-state index contributed by atoms with van der Waals surface area (Å²) in [6.07, 6.45) is -0.0566. The zero-order valence-electron chi connectivity index (χ0n) is 15.2. The molecule has 0 radical (unpaired) electrons. The number of nitrogens with one attached hydrogen (secondary N) is 1. The molecule has 0 saturated heterocycles. The quantitative estimate of drug-likeness (QED) is 0.513. The molecule has 1 amide bonds. The third-order valence-electron chi connectivity index (χ3n) is 4.22. The lowest BCUT2D eigenvalue weighted by Gasteiger charge is -2.10. The van der Waals surface area contributed by atoms with Crippen LogP contribution in [0.3, 0.4) is 0 Å². The molecule has 0 spiro atoms. The highest BCUT2D eigenvalue weighted by Crippen LogP contribution is 2.29. The average Bonchev–Trinajstić information content (AvgIpc) is 3.12. The molecule has 0 saturated carbocycles.